The maximum Gasteiger partial charge on any atom is 0.160 e. The number of hydrogen-bond donors (Lipinski definition) is 2. The number of likely N-dealkylation sites (tertiary alicyclic amines) is 1. The Hall–Kier alpha value is -1.26. The maximum atomic E-state index is 9.76. The molecule has 4 nitrogen and oxygen atoms in total. The minimum atomic E-state index is -0.202. The number of hydrogen-bond acceptors (Lipinski definition) is 4. The van der Waals surface area contributed by atoms with Crippen LogP contribution in [-0.4, -0.2) is 41.4 Å². The highest BCUT2D eigenvalue weighted by molar-refractivity contribution is 5.41. The zero-order valence-electron chi connectivity index (χ0n) is 11.7. The van der Waals surface area contributed by atoms with Crippen LogP contribution < -0.4 is 4.74 Å². The van der Waals surface area contributed by atoms with Gasteiger partial charge in [0.1, 0.15) is 0 Å². The van der Waals surface area contributed by atoms with Crippen molar-refractivity contribution >= 4 is 0 Å². The fraction of sp³-hybridized carbons (Fsp3) is 0.600. The Morgan fingerprint density at radius 1 is 1.37 bits per heavy atom. The molecular weight excluding hydrogens is 242 g/mol. The van der Waals surface area contributed by atoms with E-state index in [2.05, 4.69) is 4.90 Å². The first kappa shape index (κ1) is 14.2. The van der Waals surface area contributed by atoms with E-state index in [4.69, 9.17) is 4.74 Å². The number of phenols is 1. The van der Waals surface area contributed by atoms with Gasteiger partial charge in [0.15, 0.2) is 11.5 Å². The van der Waals surface area contributed by atoms with Gasteiger partial charge in [-0.15, -0.1) is 0 Å². The van der Waals surface area contributed by atoms with Gasteiger partial charge >= 0.3 is 0 Å². The average molecular weight is 265 g/mol. The van der Waals surface area contributed by atoms with Crippen LogP contribution in [-0.2, 0) is 6.54 Å². The molecule has 1 aliphatic rings. The third-order valence-corrected chi connectivity index (χ3v) is 3.96. The van der Waals surface area contributed by atoms with E-state index in [1.807, 2.05) is 13.0 Å². The number of benzene rings is 1. The molecular formula is C15H23NO3. The fourth-order valence-corrected chi connectivity index (χ4v) is 2.69. The van der Waals surface area contributed by atoms with Crippen LogP contribution in [0, 0.1) is 5.92 Å². The second kappa shape index (κ2) is 6.26. The van der Waals surface area contributed by atoms with E-state index in [0.717, 1.165) is 38.0 Å². The van der Waals surface area contributed by atoms with E-state index in [0.29, 0.717) is 11.7 Å². The quantitative estimate of drug-likeness (QED) is 0.874. The van der Waals surface area contributed by atoms with Gasteiger partial charge in [-0.2, -0.15) is 0 Å². The Morgan fingerprint density at radius 2 is 2.05 bits per heavy atom. The molecule has 0 bridgehead atoms. The highest BCUT2D eigenvalue weighted by Gasteiger charge is 2.22. The maximum absolute atomic E-state index is 9.76. The van der Waals surface area contributed by atoms with Crippen LogP contribution in [0.15, 0.2) is 18.2 Å². The third kappa shape index (κ3) is 3.61. The molecule has 1 aliphatic heterocycles. The number of ether oxygens (including phenoxy) is 1. The third-order valence-electron chi connectivity index (χ3n) is 3.96. The summed E-state index contributed by atoms with van der Waals surface area (Å²) in [5.41, 5.74) is 1.09. The Morgan fingerprint density at radius 3 is 2.58 bits per heavy atom. The molecule has 106 valence electrons. The zero-order valence-corrected chi connectivity index (χ0v) is 11.7. The van der Waals surface area contributed by atoms with E-state index in [1.54, 1.807) is 19.2 Å². The summed E-state index contributed by atoms with van der Waals surface area (Å²) in [5.74, 6) is 1.14. The summed E-state index contributed by atoms with van der Waals surface area (Å²) in [5, 5.41) is 19.3. The predicted molar refractivity (Wildman–Crippen MR) is 74.3 cm³/mol. The molecule has 4 heteroatoms. The lowest BCUT2D eigenvalue weighted by Gasteiger charge is -2.33. The first-order valence-electron chi connectivity index (χ1n) is 6.86. The van der Waals surface area contributed by atoms with Gasteiger partial charge in [-0.3, -0.25) is 4.90 Å². The van der Waals surface area contributed by atoms with Crippen molar-refractivity contribution in [2.75, 3.05) is 20.2 Å². The summed E-state index contributed by atoms with van der Waals surface area (Å²) < 4.78 is 5.04. The minimum absolute atomic E-state index is 0.193. The van der Waals surface area contributed by atoms with E-state index >= 15 is 0 Å². The van der Waals surface area contributed by atoms with Crippen LogP contribution in [0.1, 0.15) is 25.3 Å². The molecule has 2 rings (SSSR count). The number of phenolic OH excluding ortho intramolecular Hbond substituents is 1. The van der Waals surface area contributed by atoms with Crippen molar-refractivity contribution < 1.29 is 14.9 Å². The number of aliphatic hydroxyl groups is 1. The van der Waals surface area contributed by atoms with Crippen LogP contribution in [0.5, 0.6) is 11.5 Å². The summed E-state index contributed by atoms with van der Waals surface area (Å²) in [6, 6.07) is 5.55. The average Bonchev–Trinajstić information content (AvgIpc) is 2.39. The zero-order chi connectivity index (χ0) is 13.8. The lowest BCUT2D eigenvalue weighted by Crippen LogP contribution is -2.36. The standard InChI is InChI=1S/C15H23NO3/c1-11(17)13-5-7-16(8-6-13)10-12-3-4-15(19-2)14(18)9-12/h3-4,9,11,13,17-18H,5-8,10H2,1-2H3. The molecule has 1 fully saturated rings. The lowest BCUT2D eigenvalue weighted by molar-refractivity contribution is 0.0695. The molecule has 0 radical (unpaired) electrons. The number of methoxy groups -OCH3 is 1. The van der Waals surface area contributed by atoms with Gasteiger partial charge in [-0.05, 0) is 56.5 Å². The van der Waals surface area contributed by atoms with Crippen LogP contribution in [0.4, 0.5) is 0 Å². The van der Waals surface area contributed by atoms with Crippen LogP contribution >= 0.6 is 0 Å². The normalized spacial score (nSPS) is 19.3. The molecule has 1 saturated heterocycles. The molecule has 0 aliphatic carbocycles. The number of aromatic hydroxyl groups is 1. The Bertz CT molecular complexity index is 412. The van der Waals surface area contributed by atoms with Gasteiger partial charge in [0.2, 0.25) is 0 Å². The van der Waals surface area contributed by atoms with Crippen LogP contribution in [0.3, 0.4) is 0 Å². The smallest absolute Gasteiger partial charge is 0.160 e. The Balaban J connectivity index is 1.90. The molecule has 19 heavy (non-hydrogen) atoms. The monoisotopic (exact) mass is 265 g/mol. The van der Waals surface area contributed by atoms with Gasteiger partial charge in [-0.25, -0.2) is 0 Å². The Kier molecular flexibility index (Phi) is 4.66. The number of aliphatic hydroxyl groups excluding tert-OH is 1. The molecule has 0 amide bonds. The second-order valence-electron chi connectivity index (χ2n) is 5.36. The van der Waals surface area contributed by atoms with Gasteiger partial charge < -0.3 is 14.9 Å². The van der Waals surface area contributed by atoms with Crippen LogP contribution in [0.25, 0.3) is 0 Å². The SMILES string of the molecule is COc1ccc(CN2CCC(C(C)O)CC2)cc1O. The summed E-state index contributed by atoms with van der Waals surface area (Å²) in [4.78, 5) is 2.36. The van der Waals surface area contributed by atoms with Crippen molar-refractivity contribution in [1.29, 1.82) is 0 Å². The molecule has 2 N–H and O–H groups in total. The molecule has 0 saturated carbocycles. The van der Waals surface area contributed by atoms with Crippen LogP contribution in [0.2, 0.25) is 0 Å². The second-order valence-corrected chi connectivity index (χ2v) is 5.36. The summed E-state index contributed by atoms with van der Waals surface area (Å²) in [6.07, 6.45) is 1.88. The van der Waals surface area contributed by atoms with Gasteiger partial charge in [0.25, 0.3) is 0 Å². The largest absolute Gasteiger partial charge is 0.504 e. The predicted octanol–water partition coefficient (Wildman–Crippen LogP) is 1.99. The van der Waals surface area contributed by atoms with Crippen molar-refractivity contribution in [3.63, 3.8) is 0 Å². The Labute approximate surface area is 114 Å². The molecule has 1 heterocycles. The van der Waals surface area contributed by atoms with Crippen molar-refractivity contribution in [3.05, 3.63) is 23.8 Å². The molecule has 0 aromatic heterocycles. The summed E-state index contributed by atoms with van der Waals surface area (Å²) in [7, 11) is 1.55. The van der Waals surface area contributed by atoms with E-state index in [1.165, 1.54) is 0 Å². The molecule has 1 aromatic rings. The topological polar surface area (TPSA) is 52.9 Å². The molecule has 1 atom stereocenters. The number of nitrogens with zero attached hydrogens (tertiary/aromatic N) is 1. The van der Waals surface area contributed by atoms with Gasteiger partial charge in [-0.1, -0.05) is 6.07 Å². The number of rotatable bonds is 4. The van der Waals surface area contributed by atoms with Gasteiger partial charge in [0.05, 0.1) is 13.2 Å². The molecule has 0 spiro atoms. The minimum Gasteiger partial charge on any atom is -0.504 e. The van der Waals surface area contributed by atoms with Crippen molar-refractivity contribution in [3.8, 4) is 11.5 Å². The highest BCUT2D eigenvalue weighted by atomic mass is 16.5. The van der Waals surface area contributed by atoms with E-state index in [-0.39, 0.29) is 11.9 Å². The fourth-order valence-electron chi connectivity index (χ4n) is 2.69. The van der Waals surface area contributed by atoms with Gasteiger partial charge in [0, 0.05) is 6.54 Å². The van der Waals surface area contributed by atoms with E-state index in [9.17, 15) is 10.2 Å². The first-order valence-corrected chi connectivity index (χ1v) is 6.86. The molecule has 1 unspecified atom stereocenters. The lowest BCUT2D eigenvalue weighted by atomic mass is 9.92. The highest BCUT2D eigenvalue weighted by Crippen LogP contribution is 2.28. The van der Waals surface area contributed by atoms with E-state index < -0.39 is 0 Å². The number of piperidine rings is 1. The van der Waals surface area contributed by atoms with Crippen molar-refractivity contribution in [2.24, 2.45) is 5.92 Å². The van der Waals surface area contributed by atoms with Crippen molar-refractivity contribution in [1.82, 2.24) is 4.90 Å². The summed E-state index contributed by atoms with van der Waals surface area (Å²) >= 11 is 0. The molecule has 1 aromatic carbocycles. The van der Waals surface area contributed by atoms with Crippen molar-refractivity contribution in [2.45, 2.75) is 32.4 Å². The first-order chi connectivity index (χ1) is 9.10. The summed E-state index contributed by atoms with van der Waals surface area (Å²) in [6.45, 7) is 4.72.